The Bertz CT molecular complexity index is 824. The van der Waals surface area contributed by atoms with E-state index in [9.17, 15) is 13.6 Å². The molecule has 0 aliphatic rings. The lowest BCUT2D eigenvalue weighted by Crippen LogP contribution is -2.02. The predicted octanol–water partition coefficient (Wildman–Crippen LogP) is 4.70. The fraction of sp³-hybridized carbons (Fsp3) is 0. The fourth-order valence-electron chi connectivity index (χ4n) is 1.93. The molecule has 3 aromatic rings. The highest BCUT2D eigenvalue weighted by Gasteiger charge is 2.18. The van der Waals surface area contributed by atoms with Gasteiger partial charge >= 0.3 is 0 Å². The van der Waals surface area contributed by atoms with Crippen molar-refractivity contribution in [2.45, 2.75) is 0 Å². The number of benzene rings is 2. The maximum Gasteiger partial charge on any atom is 0.231 e. The number of rotatable bonds is 2. The molecule has 100 valence electrons. The van der Waals surface area contributed by atoms with Crippen molar-refractivity contribution in [1.82, 2.24) is 0 Å². The minimum Gasteiger partial charge on any atom is -0.453 e. The Balaban J connectivity index is 2.10. The highest BCUT2D eigenvalue weighted by atomic mass is 79.9. The van der Waals surface area contributed by atoms with Gasteiger partial charge < -0.3 is 4.42 Å². The molecule has 0 saturated heterocycles. The Morgan fingerprint density at radius 1 is 1.05 bits per heavy atom. The quantitative estimate of drug-likeness (QED) is 0.634. The van der Waals surface area contributed by atoms with Gasteiger partial charge in [0.25, 0.3) is 0 Å². The van der Waals surface area contributed by atoms with Gasteiger partial charge in [-0.2, -0.15) is 0 Å². The first-order valence-electron chi connectivity index (χ1n) is 5.73. The first kappa shape index (κ1) is 13.0. The molecule has 0 spiro atoms. The second kappa shape index (κ2) is 4.83. The van der Waals surface area contributed by atoms with Crippen LogP contribution in [0.3, 0.4) is 0 Å². The Labute approximate surface area is 121 Å². The molecule has 0 aliphatic carbocycles. The van der Waals surface area contributed by atoms with E-state index in [-0.39, 0.29) is 11.3 Å². The fourth-order valence-corrected chi connectivity index (χ4v) is 2.29. The van der Waals surface area contributed by atoms with E-state index >= 15 is 0 Å². The monoisotopic (exact) mass is 336 g/mol. The van der Waals surface area contributed by atoms with Crippen molar-refractivity contribution in [3.8, 4) is 0 Å². The number of ketones is 1. The second-order valence-electron chi connectivity index (χ2n) is 4.25. The van der Waals surface area contributed by atoms with Crippen LogP contribution in [0.1, 0.15) is 16.1 Å². The van der Waals surface area contributed by atoms with Crippen LogP contribution < -0.4 is 0 Å². The number of hydrogen-bond acceptors (Lipinski definition) is 2. The maximum absolute atomic E-state index is 13.7. The van der Waals surface area contributed by atoms with E-state index in [0.717, 1.165) is 0 Å². The lowest BCUT2D eigenvalue weighted by atomic mass is 10.1. The Hall–Kier alpha value is -2.01. The van der Waals surface area contributed by atoms with Crippen molar-refractivity contribution in [1.29, 1.82) is 0 Å². The summed E-state index contributed by atoms with van der Waals surface area (Å²) in [6.07, 6.45) is 0. The average molecular weight is 337 g/mol. The van der Waals surface area contributed by atoms with E-state index in [1.165, 1.54) is 42.5 Å². The second-order valence-corrected chi connectivity index (χ2v) is 5.16. The van der Waals surface area contributed by atoms with Gasteiger partial charge in [0.1, 0.15) is 17.2 Å². The van der Waals surface area contributed by atoms with Crippen molar-refractivity contribution in [2.75, 3.05) is 0 Å². The van der Waals surface area contributed by atoms with Crippen molar-refractivity contribution in [3.63, 3.8) is 0 Å². The molecule has 0 bridgehead atoms. The van der Waals surface area contributed by atoms with Gasteiger partial charge in [-0.3, -0.25) is 4.79 Å². The molecule has 5 heteroatoms. The highest BCUT2D eigenvalue weighted by molar-refractivity contribution is 9.10. The number of halogens is 3. The van der Waals surface area contributed by atoms with Crippen LogP contribution in [0.25, 0.3) is 11.0 Å². The van der Waals surface area contributed by atoms with Crippen molar-refractivity contribution < 1.29 is 18.0 Å². The van der Waals surface area contributed by atoms with Crippen molar-refractivity contribution >= 4 is 32.7 Å². The van der Waals surface area contributed by atoms with E-state index in [1.807, 2.05) is 0 Å². The van der Waals surface area contributed by atoms with Crippen LogP contribution in [-0.2, 0) is 0 Å². The Morgan fingerprint density at radius 2 is 1.85 bits per heavy atom. The molecule has 0 amide bonds. The van der Waals surface area contributed by atoms with E-state index in [2.05, 4.69) is 15.9 Å². The number of fused-ring (bicyclic) bond motifs is 1. The topological polar surface area (TPSA) is 30.2 Å². The molecule has 0 N–H and O–H groups in total. The summed E-state index contributed by atoms with van der Waals surface area (Å²) in [5, 5.41) is 0.462. The van der Waals surface area contributed by atoms with Crippen molar-refractivity contribution in [3.05, 3.63) is 69.9 Å². The van der Waals surface area contributed by atoms with E-state index < -0.39 is 17.4 Å². The number of hydrogen-bond donors (Lipinski definition) is 0. The molecular formula is C15H7BrF2O2. The summed E-state index contributed by atoms with van der Waals surface area (Å²) in [5.41, 5.74) is 0.282. The zero-order valence-corrected chi connectivity index (χ0v) is 11.6. The molecule has 0 radical (unpaired) electrons. The molecule has 2 aromatic carbocycles. The van der Waals surface area contributed by atoms with Crippen molar-refractivity contribution in [2.24, 2.45) is 0 Å². The van der Waals surface area contributed by atoms with Gasteiger partial charge in [-0.15, -0.1) is 0 Å². The molecule has 0 aliphatic heterocycles. The summed E-state index contributed by atoms with van der Waals surface area (Å²) in [6.45, 7) is 0. The molecule has 2 nitrogen and oxygen atoms in total. The van der Waals surface area contributed by atoms with E-state index in [0.29, 0.717) is 15.4 Å². The van der Waals surface area contributed by atoms with Crippen LogP contribution >= 0.6 is 15.9 Å². The summed E-state index contributed by atoms with van der Waals surface area (Å²) >= 11 is 3.18. The third-order valence-corrected chi connectivity index (χ3v) is 3.37. The zero-order chi connectivity index (χ0) is 14.3. The Kier molecular flexibility index (Phi) is 3.14. The van der Waals surface area contributed by atoms with Crippen LogP contribution in [-0.4, -0.2) is 5.78 Å². The maximum atomic E-state index is 13.7. The molecule has 3 rings (SSSR count). The summed E-state index contributed by atoms with van der Waals surface area (Å²) in [7, 11) is 0. The van der Waals surface area contributed by atoms with Gasteiger partial charge in [0, 0.05) is 9.86 Å². The molecular weight excluding hydrogens is 330 g/mol. The first-order valence-corrected chi connectivity index (χ1v) is 6.53. The number of carbonyl (C=O) groups excluding carboxylic acids is 1. The van der Waals surface area contributed by atoms with E-state index in [4.69, 9.17) is 4.42 Å². The third-order valence-electron chi connectivity index (χ3n) is 2.88. The normalized spacial score (nSPS) is 10.9. The zero-order valence-electron chi connectivity index (χ0n) is 9.99. The lowest BCUT2D eigenvalue weighted by molar-refractivity contribution is 0.101. The minimum atomic E-state index is -0.634. The molecule has 0 fully saturated rings. The van der Waals surface area contributed by atoms with E-state index in [1.54, 1.807) is 0 Å². The average Bonchev–Trinajstić information content (AvgIpc) is 2.83. The van der Waals surface area contributed by atoms with Gasteiger partial charge in [0.05, 0.1) is 5.56 Å². The molecule has 0 saturated carbocycles. The summed E-state index contributed by atoms with van der Waals surface area (Å²) < 4.78 is 32.7. The molecule has 20 heavy (non-hydrogen) atoms. The smallest absolute Gasteiger partial charge is 0.231 e. The predicted molar refractivity (Wildman–Crippen MR) is 73.7 cm³/mol. The number of carbonyl (C=O) groups is 1. The molecule has 1 aromatic heterocycles. The van der Waals surface area contributed by atoms with Crippen LogP contribution in [0.15, 0.2) is 51.4 Å². The SMILES string of the molecule is O=C(c1cc2cc(F)ccc2o1)c1cc(Br)ccc1F. The highest BCUT2D eigenvalue weighted by Crippen LogP contribution is 2.24. The van der Waals surface area contributed by atoms with Crippen LogP contribution in [0.2, 0.25) is 0 Å². The van der Waals surface area contributed by atoms with Gasteiger partial charge in [0.15, 0.2) is 5.76 Å². The van der Waals surface area contributed by atoms with Gasteiger partial charge in [-0.1, -0.05) is 15.9 Å². The first-order chi connectivity index (χ1) is 9.54. The third kappa shape index (κ3) is 2.25. The van der Waals surface area contributed by atoms with Crippen LogP contribution in [0, 0.1) is 11.6 Å². The summed E-state index contributed by atoms with van der Waals surface area (Å²) in [4.78, 5) is 12.2. The minimum absolute atomic E-state index is 0.0254. The summed E-state index contributed by atoms with van der Waals surface area (Å²) in [5.74, 6) is -1.67. The van der Waals surface area contributed by atoms with Crippen LogP contribution in [0.5, 0.6) is 0 Å². The molecule has 0 atom stereocenters. The van der Waals surface area contributed by atoms with Gasteiger partial charge in [-0.25, -0.2) is 8.78 Å². The van der Waals surface area contributed by atoms with Gasteiger partial charge in [0.2, 0.25) is 5.78 Å². The molecule has 1 heterocycles. The van der Waals surface area contributed by atoms with Crippen LogP contribution in [0.4, 0.5) is 8.78 Å². The summed E-state index contributed by atoms with van der Waals surface area (Å²) in [6, 6.07) is 9.40. The largest absolute Gasteiger partial charge is 0.453 e. The Morgan fingerprint density at radius 3 is 2.65 bits per heavy atom. The number of furan rings is 1. The lowest BCUT2D eigenvalue weighted by Gasteiger charge is -2.00. The van der Waals surface area contributed by atoms with Gasteiger partial charge in [-0.05, 0) is 42.5 Å². The standard InChI is InChI=1S/C15H7BrF2O2/c16-9-1-3-12(18)11(7-9)15(19)14-6-8-5-10(17)2-4-13(8)20-14/h1-7H. The molecule has 0 unspecified atom stereocenters.